The summed E-state index contributed by atoms with van der Waals surface area (Å²) in [6, 6.07) is 6.28. The number of carbonyl (C=O) groups is 2. The van der Waals surface area contributed by atoms with Crippen molar-refractivity contribution in [1.82, 2.24) is 4.90 Å². The summed E-state index contributed by atoms with van der Waals surface area (Å²) in [6.07, 6.45) is 2.55. The van der Waals surface area contributed by atoms with Crippen molar-refractivity contribution in [2.45, 2.75) is 37.5 Å². The minimum atomic E-state index is -3.71. The maximum absolute atomic E-state index is 12.4. The normalized spacial score (nSPS) is 14.2. The van der Waals surface area contributed by atoms with Gasteiger partial charge in [-0.1, -0.05) is 12.1 Å². The van der Waals surface area contributed by atoms with Gasteiger partial charge in [0, 0.05) is 19.0 Å². The van der Waals surface area contributed by atoms with Gasteiger partial charge in [0.15, 0.2) is 0 Å². The second-order valence-electron chi connectivity index (χ2n) is 6.09. The van der Waals surface area contributed by atoms with E-state index < -0.39 is 10.0 Å². The molecule has 0 spiro atoms. The Kier molecular flexibility index (Phi) is 6.55. The van der Waals surface area contributed by atoms with Crippen molar-refractivity contribution in [3.05, 3.63) is 29.8 Å². The average molecular weight is 368 g/mol. The molecular weight excluding hydrogens is 344 g/mol. The molecule has 1 saturated carbocycles. The highest BCUT2D eigenvalue weighted by Gasteiger charge is 2.33. The van der Waals surface area contributed by atoms with E-state index in [4.69, 9.17) is 9.88 Å². The molecule has 7 nitrogen and oxygen atoms in total. The number of esters is 1. The molecule has 138 valence electrons. The van der Waals surface area contributed by atoms with E-state index in [0.717, 1.165) is 18.4 Å². The Balaban J connectivity index is 1.94. The zero-order valence-corrected chi connectivity index (χ0v) is 15.1. The van der Waals surface area contributed by atoms with Crippen LogP contribution in [0.1, 0.15) is 31.7 Å². The van der Waals surface area contributed by atoms with Crippen molar-refractivity contribution < 1.29 is 22.7 Å². The number of rotatable bonds is 9. The van der Waals surface area contributed by atoms with Gasteiger partial charge in [-0.15, -0.1) is 0 Å². The predicted molar refractivity (Wildman–Crippen MR) is 92.1 cm³/mol. The molecule has 1 aliphatic rings. The monoisotopic (exact) mass is 368 g/mol. The summed E-state index contributed by atoms with van der Waals surface area (Å²) in [6.45, 7) is 2.88. The SMILES string of the molecule is CCOC(=O)CCN(CCc1ccc(S(N)(=O)=O)cc1)C(=O)C1CC1. The lowest BCUT2D eigenvalue weighted by atomic mass is 10.1. The average Bonchev–Trinajstić information content (AvgIpc) is 3.39. The molecule has 1 aromatic carbocycles. The summed E-state index contributed by atoms with van der Waals surface area (Å²) in [7, 11) is -3.71. The van der Waals surface area contributed by atoms with Crippen molar-refractivity contribution >= 4 is 21.9 Å². The number of hydrogen-bond acceptors (Lipinski definition) is 5. The highest BCUT2D eigenvalue weighted by Crippen LogP contribution is 2.31. The van der Waals surface area contributed by atoms with Gasteiger partial charge in [-0.2, -0.15) is 0 Å². The summed E-state index contributed by atoms with van der Waals surface area (Å²) in [5.41, 5.74) is 0.900. The van der Waals surface area contributed by atoms with Crippen LogP contribution in [0.2, 0.25) is 0 Å². The third-order valence-electron chi connectivity index (χ3n) is 4.05. The number of nitrogens with two attached hydrogens (primary N) is 1. The Morgan fingerprint density at radius 1 is 1.20 bits per heavy atom. The van der Waals surface area contributed by atoms with Crippen LogP contribution in [0.4, 0.5) is 0 Å². The van der Waals surface area contributed by atoms with Gasteiger partial charge in [-0.25, -0.2) is 13.6 Å². The van der Waals surface area contributed by atoms with Crippen LogP contribution in [-0.4, -0.2) is 44.9 Å². The van der Waals surface area contributed by atoms with E-state index in [0.29, 0.717) is 26.1 Å². The van der Waals surface area contributed by atoms with Crippen molar-refractivity contribution in [2.75, 3.05) is 19.7 Å². The molecule has 0 saturated heterocycles. The van der Waals surface area contributed by atoms with Crippen LogP contribution in [-0.2, 0) is 30.8 Å². The van der Waals surface area contributed by atoms with Crippen LogP contribution in [0.25, 0.3) is 0 Å². The molecule has 2 N–H and O–H groups in total. The van der Waals surface area contributed by atoms with E-state index in [1.807, 2.05) is 0 Å². The molecule has 0 radical (unpaired) electrons. The first kappa shape index (κ1) is 19.4. The molecule has 0 aliphatic heterocycles. The van der Waals surface area contributed by atoms with Gasteiger partial charge in [-0.3, -0.25) is 9.59 Å². The number of nitrogens with zero attached hydrogens (tertiary/aromatic N) is 1. The molecule has 8 heteroatoms. The zero-order valence-electron chi connectivity index (χ0n) is 14.3. The van der Waals surface area contributed by atoms with Gasteiger partial charge in [0.1, 0.15) is 0 Å². The number of amides is 1. The fourth-order valence-corrected chi connectivity index (χ4v) is 3.01. The molecule has 0 unspecified atom stereocenters. The molecular formula is C17H24N2O5S. The molecule has 25 heavy (non-hydrogen) atoms. The molecule has 1 fully saturated rings. The molecule has 0 heterocycles. The quantitative estimate of drug-likeness (QED) is 0.656. The number of carbonyl (C=O) groups excluding carboxylic acids is 2. The van der Waals surface area contributed by atoms with E-state index >= 15 is 0 Å². The first-order valence-electron chi connectivity index (χ1n) is 8.37. The van der Waals surface area contributed by atoms with E-state index in [1.165, 1.54) is 12.1 Å². The van der Waals surface area contributed by atoms with Crippen LogP contribution in [0.5, 0.6) is 0 Å². The third kappa shape index (κ3) is 6.13. The second-order valence-corrected chi connectivity index (χ2v) is 7.65. The lowest BCUT2D eigenvalue weighted by Gasteiger charge is -2.22. The maximum atomic E-state index is 12.4. The van der Waals surface area contributed by atoms with E-state index in [-0.39, 0.29) is 29.1 Å². The fraction of sp³-hybridized carbons (Fsp3) is 0.529. The minimum Gasteiger partial charge on any atom is -0.466 e. The Hall–Kier alpha value is -1.93. The molecule has 0 atom stereocenters. The van der Waals surface area contributed by atoms with Crippen molar-refractivity contribution in [1.29, 1.82) is 0 Å². The van der Waals surface area contributed by atoms with Crippen molar-refractivity contribution in [3.63, 3.8) is 0 Å². The second kappa shape index (κ2) is 8.44. The zero-order chi connectivity index (χ0) is 18.4. The molecule has 1 aromatic rings. The summed E-state index contributed by atoms with van der Waals surface area (Å²) in [5, 5.41) is 5.08. The van der Waals surface area contributed by atoms with Crippen LogP contribution >= 0.6 is 0 Å². The highest BCUT2D eigenvalue weighted by atomic mass is 32.2. The smallest absolute Gasteiger partial charge is 0.307 e. The standard InChI is InChI=1S/C17H24N2O5S/c1-2-24-16(20)10-12-19(17(21)14-5-6-14)11-9-13-3-7-15(8-4-13)25(18,22)23/h3-4,7-8,14H,2,5-6,9-12H2,1H3,(H2,18,22,23). The Morgan fingerprint density at radius 2 is 1.84 bits per heavy atom. The first-order chi connectivity index (χ1) is 11.8. The summed E-state index contributed by atoms with van der Waals surface area (Å²) < 4.78 is 27.4. The molecule has 1 amide bonds. The summed E-state index contributed by atoms with van der Waals surface area (Å²) in [4.78, 5) is 25.6. The molecule has 0 bridgehead atoms. The Labute approximate surface area is 148 Å². The van der Waals surface area contributed by atoms with E-state index in [2.05, 4.69) is 0 Å². The highest BCUT2D eigenvalue weighted by molar-refractivity contribution is 7.89. The number of sulfonamides is 1. The fourth-order valence-electron chi connectivity index (χ4n) is 2.49. The topological polar surface area (TPSA) is 107 Å². The van der Waals surface area contributed by atoms with E-state index in [1.54, 1.807) is 24.0 Å². The van der Waals surface area contributed by atoms with Gasteiger partial charge in [-0.05, 0) is 43.9 Å². The summed E-state index contributed by atoms with van der Waals surface area (Å²) >= 11 is 0. The first-order valence-corrected chi connectivity index (χ1v) is 9.92. The third-order valence-corrected chi connectivity index (χ3v) is 4.98. The van der Waals surface area contributed by atoms with Crippen LogP contribution in [0, 0.1) is 5.92 Å². The number of hydrogen-bond donors (Lipinski definition) is 1. The van der Waals surface area contributed by atoms with Gasteiger partial charge in [0.05, 0.1) is 17.9 Å². The van der Waals surface area contributed by atoms with Gasteiger partial charge in [0.25, 0.3) is 0 Å². The van der Waals surface area contributed by atoms with Gasteiger partial charge >= 0.3 is 5.97 Å². The van der Waals surface area contributed by atoms with Crippen LogP contribution in [0.15, 0.2) is 29.2 Å². The van der Waals surface area contributed by atoms with E-state index in [9.17, 15) is 18.0 Å². The van der Waals surface area contributed by atoms with Gasteiger partial charge in [0.2, 0.25) is 15.9 Å². The Bertz CT molecular complexity index is 711. The summed E-state index contributed by atoms with van der Waals surface area (Å²) in [5.74, 6) is -0.161. The number of primary sulfonamides is 1. The Morgan fingerprint density at radius 3 is 2.36 bits per heavy atom. The van der Waals surface area contributed by atoms with Crippen LogP contribution < -0.4 is 5.14 Å². The number of benzene rings is 1. The molecule has 1 aliphatic carbocycles. The van der Waals surface area contributed by atoms with Crippen molar-refractivity contribution in [2.24, 2.45) is 11.1 Å². The van der Waals surface area contributed by atoms with Gasteiger partial charge < -0.3 is 9.64 Å². The molecule has 2 rings (SSSR count). The lowest BCUT2D eigenvalue weighted by molar-refractivity contribution is -0.144. The van der Waals surface area contributed by atoms with Crippen LogP contribution in [0.3, 0.4) is 0 Å². The minimum absolute atomic E-state index is 0.0597. The molecule has 0 aromatic heterocycles. The maximum Gasteiger partial charge on any atom is 0.307 e. The predicted octanol–water partition coefficient (Wildman–Crippen LogP) is 1.07. The number of ether oxygens (including phenoxy) is 1. The van der Waals surface area contributed by atoms with Crippen molar-refractivity contribution in [3.8, 4) is 0 Å². The lowest BCUT2D eigenvalue weighted by Crippen LogP contribution is -2.36. The largest absolute Gasteiger partial charge is 0.466 e.